The van der Waals surface area contributed by atoms with Gasteiger partial charge in [0.1, 0.15) is 12.7 Å². The zero-order valence-corrected chi connectivity index (χ0v) is 15.6. The molecule has 2 aromatic heterocycles. The molecular formula is C20H24N6O. The van der Waals surface area contributed by atoms with Crippen LogP contribution in [-0.2, 0) is 0 Å². The highest BCUT2D eigenvalue weighted by Gasteiger charge is 2.18. The molecule has 7 nitrogen and oxygen atoms in total. The van der Waals surface area contributed by atoms with Crippen molar-refractivity contribution in [3.63, 3.8) is 0 Å². The van der Waals surface area contributed by atoms with Crippen molar-refractivity contribution in [2.24, 2.45) is 5.73 Å². The van der Waals surface area contributed by atoms with Crippen molar-refractivity contribution in [3.05, 3.63) is 42.0 Å². The van der Waals surface area contributed by atoms with Crippen molar-refractivity contribution in [3.8, 4) is 5.69 Å². The maximum Gasteiger partial charge on any atom is 0.248 e. The molecule has 0 bridgehead atoms. The predicted octanol–water partition coefficient (Wildman–Crippen LogP) is 2.99. The summed E-state index contributed by atoms with van der Waals surface area (Å²) in [5.74, 6) is 0.445. The minimum absolute atomic E-state index is 0.448. The van der Waals surface area contributed by atoms with Crippen LogP contribution in [-0.4, -0.2) is 38.5 Å². The fraction of sp³-hybridized carbons (Fsp3) is 0.400. The highest BCUT2D eigenvalue weighted by molar-refractivity contribution is 5.94. The number of carbonyl (C=O) groups is 1. The van der Waals surface area contributed by atoms with Crippen LogP contribution < -0.4 is 10.6 Å². The zero-order valence-electron chi connectivity index (χ0n) is 15.6. The van der Waals surface area contributed by atoms with E-state index in [1.165, 1.54) is 32.1 Å². The highest BCUT2D eigenvalue weighted by atomic mass is 16.1. The maximum atomic E-state index is 11.6. The second-order valence-corrected chi connectivity index (χ2v) is 7.10. The van der Waals surface area contributed by atoms with Gasteiger partial charge in [0.05, 0.1) is 5.69 Å². The highest BCUT2D eigenvalue weighted by Crippen LogP contribution is 2.27. The number of nitrogens with zero attached hydrogens (tertiary/aromatic N) is 5. The van der Waals surface area contributed by atoms with Crippen LogP contribution in [0, 0.1) is 6.92 Å². The van der Waals surface area contributed by atoms with Crippen LogP contribution in [0.25, 0.3) is 16.9 Å². The molecule has 4 rings (SSSR count). The van der Waals surface area contributed by atoms with E-state index in [1.807, 2.05) is 17.6 Å². The summed E-state index contributed by atoms with van der Waals surface area (Å²) in [4.78, 5) is 27.6. The number of primary amides is 1. The van der Waals surface area contributed by atoms with Crippen LogP contribution in [0.2, 0.25) is 0 Å². The van der Waals surface area contributed by atoms with E-state index in [0.717, 1.165) is 41.3 Å². The summed E-state index contributed by atoms with van der Waals surface area (Å²) in [7, 11) is 0. The SMILES string of the molecule is Cc1ccc(C(N)=O)cc1-n1cnc2c(N3CCCCCCC3)ncnc21. The molecular weight excluding hydrogens is 340 g/mol. The lowest BCUT2D eigenvalue weighted by Gasteiger charge is -2.25. The minimum Gasteiger partial charge on any atom is -0.366 e. The zero-order chi connectivity index (χ0) is 18.8. The predicted molar refractivity (Wildman–Crippen MR) is 105 cm³/mol. The maximum absolute atomic E-state index is 11.6. The molecule has 1 aromatic carbocycles. The first kappa shape index (κ1) is 17.5. The largest absolute Gasteiger partial charge is 0.366 e. The second-order valence-electron chi connectivity index (χ2n) is 7.10. The molecule has 1 saturated heterocycles. The molecule has 0 unspecified atom stereocenters. The number of anilines is 1. The van der Waals surface area contributed by atoms with E-state index in [0.29, 0.717) is 5.56 Å². The lowest BCUT2D eigenvalue weighted by atomic mass is 10.1. The number of rotatable bonds is 3. The van der Waals surface area contributed by atoms with E-state index in [2.05, 4.69) is 19.9 Å². The Morgan fingerprint density at radius 2 is 1.78 bits per heavy atom. The Morgan fingerprint density at radius 1 is 1.04 bits per heavy atom. The number of amides is 1. The van der Waals surface area contributed by atoms with Crippen molar-refractivity contribution < 1.29 is 4.79 Å². The van der Waals surface area contributed by atoms with Crippen molar-refractivity contribution in [1.29, 1.82) is 0 Å². The number of aryl methyl sites for hydroxylation is 1. The topological polar surface area (TPSA) is 89.9 Å². The molecule has 1 aliphatic rings. The van der Waals surface area contributed by atoms with E-state index >= 15 is 0 Å². The molecule has 3 heterocycles. The summed E-state index contributed by atoms with van der Waals surface area (Å²) in [5.41, 5.74) is 9.33. The molecule has 1 amide bonds. The van der Waals surface area contributed by atoms with Crippen molar-refractivity contribution in [1.82, 2.24) is 19.5 Å². The van der Waals surface area contributed by atoms with Gasteiger partial charge < -0.3 is 10.6 Å². The fourth-order valence-electron chi connectivity index (χ4n) is 3.71. The Hall–Kier alpha value is -2.96. The van der Waals surface area contributed by atoms with Gasteiger partial charge in [-0.2, -0.15) is 0 Å². The molecule has 0 spiro atoms. The van der Waals surface area contributed by atoms with Gasteiger partial charge in [0.2, 0.25) is 5.91 Å². The van der Waals surface area contributed by atoms with E-state index in [1.54, 1.807) is 24.8 Å². The first-order chi connectivity index (χ1) is 13.1. The smallest absolute Gasteiger partial charge is 0.248 e. The Morgan fingerprint density at radius 3 is 2.52 bits per heavy atom. The summed E-state index contributed by atoms with van der Waals surface area (Å²) >= 11 is 0. The second kappa shape index (κ2) is 7.34. The first-order valence-corrected chi connectivity index (χ1v) is 9.49. The van der Waals surface area contributed by atoms with Gasteiger partial charge in [-0.3, -0.25) is 9.36 Å². The lowest BCUT2D eigenvalue weighted by Crippen LogP contribution is -2.28. The number of carbonyl (C=O) groups excluding carboxylic acids is 1. The number of aromatic nitrogens is 4. The van der Waals surface area contributed by atoms with Crippen LogP contribution in [0.5, 0.6) is 0 Å². The van der Waals surface area contributed by atoms with Gasteiger partial charge in [-0.05, 0) is 37.5 Å². The molecule has 0 atom stereocenters. The average molecular weight is 364 g/mol. The van der Waals surface area contributed by atoms with E-state index in [4.69, 9.17) is 5.73 Å². The van der Waals surface area contributed by atoms with Crippen molar-refractivity contribution in [2.75, 3.05) is 18.0 Å². The summed E-state index contributed by atoms with van der Waals surface area (Å²) in [6.07, 6.45) is 9.54. The number of nitrogens with two attached hydrogens (primary N) is 1. The van der Waals surface area contributed by atoms with E-state index < -0.39 is 5.91 Å². The average Bonchev–Trinajstić information content (AvgIpc) is 3.06. The quantitative estimate of drug-likeness (QED) is 0.771. The monoisotopic (exact) mass is 364 g/mol. The summed E-state index contributed by atoms with van der Waals surface area (Å²) in [5, 5.41) is 0. The fourth-order valence-corrected chi connectivity index (χ4v) is 3.71. The standard InChI is InChI=1S/C20H24N6O/c1-14-7-8-15(18(21)27)11-16(14)26-13-24-17-19(22-12-23-20(17)26)25-9-5-3-2-4-6-10-25/h7-8,11-13H,2-6,9-10H2,1H3,(H2,21,27). The Bertz CT molecular complexity index is 972. The number of benzene rings is 1. The molecule has 7 heteroatoms. The normalized spacial score (nSPS) is 15.5. The summed E-state index contributed by atoms with van der Waals surface area (Å²) < 4.78 is 1.91. The molecule has 1 fully saturated rings. The number of hydrogen-bond donors (Lipinski definition) is 1. The molecule has 0 radical (unpaired) electrons. The van der Waals surface area contributed by atoms with Gasteiger partial charge >= 0.3 is 0 Å². The van der Waals surface area contributed by atoms with Crippen LogP contribution >= 0.6 is 0 Å². The van der Waals surface area contributed by atoms with E-state index in [-0.39, 0.29) is 0 Å². The number of fused-ring (bicyclic) bond motifs is 1. The third-order valence-corrected chi connectivity index (χ3v) is 5.22. The lowest BCUT2D eigenvalue weighted by molar-refractivity contribution is 0.100. The van der Waals surface area contributed by atoms with Gasteiger partial charge in [0.25, 0.3) is 0 Å². The Balaban J connectivity index is 1.79. The van der Waals surface area contributed by atoms with Crippen LogP contribution in [0.15, 0.2) is 30.9 Å². The third kappa shape index (κ3) is 3.37. The third-order valence-electron chi connectivity index (χ3n) is 5.22. The molecule has 0 aliphatic carbocycles. The molecule has 1 aliphatic heterocycles. The van der Waals surface area contributed by atoms with Gasteiger partial charge in [0, 0.05) is 18.7 Å². The summed E-state index contributed by atoms with van der Waals surface area (Å²) in [6.45, 7) is 3.98. The van der Waals surface area contributed by atoms with Gasteiger partial charge in [-0.15, -0.1) is 0 Å². The minimum atomic E-state index is -0.448. The summed E-state index contributed by atoms with van der Waals surface area (Å²) in [6, 6.07) is 5.42. The number of hydrogen-bond acceptors (Lipinski definition) is 5. The van der Waals surface area contributed by atoms with Crippen LogP contribution in [0.1, 0.15) is 48.0 Å². The molecule has 0 saturated carbocycles. The van der Waals surface area contributed by atoms with Gasteiger partial charge in [-0.1, -0.05) is 25.3 Å². The molecule has 140 valence electrons. The van der Waals surface area contributed by atoms with Crippen molar-refractivity contribution >= 4 is 22.9 Å². The molecule has 3 aromatic rings. The molecule has 27 heavy (non-hydrogen) atoms. The Labute approximate surface area is 158 Å². The first-order valence-electron chi connectivity index (χ1n) is 9.49. The van der Waals surface area contributed by atoms with Crippen molar-refractivity contribution in [2.45, 2.75) is 39.0 Å². The van der Waals surface area contributed by atoms with E-state index in [9.17, 15) is 4.79 Å². The van der Waals surface area contributed by atoms with Crippen LogP contribution in [0.3, 0.4) is 0 Å². The number of imidazole rings is 1. The Kier molecular flexibility index (Phi) is 4.75. The van der Waals surface area contributed by atoms with Gasteiger partial charge in [-0.25, -0.2) is 15.0 Å². The molecule has 2 N–H and O–H groups in total. The van der Waals surface area contributed by atoms with Crippen LogP contribution in [0.4, 0.5) is 5.82 Å². The van der Waals surface area contributed by atoms with Gasteiger partial charge in [0.15, 0.2) is 17.0 Å².